The van der Waals surface area contributed by atoms with E-state index < -0.39 is 0 Å². The molecule has 0 atom stereocenters. The molecule has 0 saturated carbocycles. The Labute approximate surface area is 146 Å². The van der Waals surface area contributed by atoms with E-state index in [2.05, 4.69) is 50.8 Å². The quantitative estimate of drug-likeness (QED) is 0.574. The highest BCUT2D eigenvalue weighted by atomic mass is 79.9. The van der Waals surface area contributed by atoms with Gasteiger partial charge in [-0.3, -0.25) is 4.68 Å². The number of alkyl halides is 1. The van der Waals surface area contributed by atoms with Gasteiger partial charge >= 0.3 is 0 Å². The average Bonchev–Trinajstić information content (AvgIpc) is 2.81. The van der Waals surface area contributed by atoms with E-state index in [1.807, 2.05) is 22.9 Å². The highest BCUT2D eigenvalue weighted by Crippen LogP contribution is 2.28. The lowest BCUT2D eigenvalue weighted by Crippen LogP contribution is -2.07. The topological polar surface area (TPSA) is 27.1 Å². The molecule has 1 heterocycles. The third kappa shape index (κ3) is 3.82. The first-order valence-corrected chi connectivity index (χ1v) is 8.93. The Morgan fingerprint density at radius 1 is 1.29 bits per heavy atom. The van der Waals surface area contributed by atoms with Crippen molar-refractivity contribution in [2.24, 2.45) is 0 Å². The summed E-state index contributed by atoms with van der Waals surface area (Å²) < 4.78 is 9.97. The maximum absolute atomic E-state index is 5.97. The maximum Gasteiger partial charge on any atom is 0.131 e. The van der Waals surface area contributed by atoms with Crippen LogP contribution in [0, 0.1) is 0 Å². The van der Waals surface area contributed by atoms with Crippen LogP contribution in [0.5, 0.6) is 5.75 Å². The van der Waals surface area contributed by atoms with Gasteiger partial charge in [0.15, 0.2) is 0 Å². The molecular formula is C15H17Br2ClN2O. The average molecular weight is 437 g/mol. The molecule has 2 aromatic rings. The number of halogens is 3. The van der Waals surface area contributed by atoms with Crippen molar-refractivity contribution in [2.45, 2.75) is 39.3 Å². The molecule has 1 aromatic heterocycles. The molecule has 2 rings (SSSR count). The SMILES string of the molecule is CCc1nn(CC)c(COc2ccc(Br)cc2CCl)c1Br. The Balaban J connectivity index is 2.22. The second-order valence-corrected chi connectivity index (χ2v) is 6.53. The molecule has 21 heavy (non-hydrogen) atoms. The minimum Gasteiger partial charge on any atom is -0.487 e. The third-order valence-corrected chi connectivity index (χ3v) is 4.92. The zero-order valence-corrected chi connectivity index (χ0v) is 15.9. The Hall–Kier alpha value is -0.520. The molecule has 0 radical (unpaired) electrons. The van der Waals surface area contributed by atoms with E-state index in [0.29, 0.717) is 12.5 Å². The zero-order chi connectivity index (χ0) is 15.4. The molecule has 6 heteroatoms. The number of ether oxygens (including phenoxy) is 1. The summed E-state index contributed by atoms with van der Waals surface area (Å²) >= 11 is 13.0. The Morgan fingerprint density at radius 2 is 2.05 bits per heavy atom. The van der Waals surface area contributed by atoms with Crippen LogP contribution < -0.4 is 4.74 Å². The summed E-state index contributed by atoms with van der Waals surface area (Å²) in [7, 11) is 0. The minimum atomic E-state index is 0.420. The second kappa shape index (κ2) is 7.65. The van der Waals surface area contributed by atoms with Crippen LogP contribution in [0.4, 0.5) is 0 Å². The number of hydrogen-bond acceptors (Lipinski definition) is 2. The van der Waals surface area contributed by atoms with Gasteiger partial charge in [-0.1, -0.05) is 22.9 Å². The molecule has 0 fully saturated rings. The van der Waals surface area contributed by atoms with Crippen molar-refractivity contribution >= 4 is 43.5 Å². The summed E-state index contributed by atoms with van der Waals surface area (Å²) in [6.45, 7) is 5.46. The van der Waals surface area contributed by atoms with Crippen molar-refractivity contribution in [3.63, 3.8) is 0 Å². The summed E-state index contributed by atoms with van der Waals surface area (Å²) in [6, 6.07) is 5.87. The highest BCUT2D eigenvalue weighted by molar-refractivity contribution is 9.10. The molecule has 0 bridgehead atoms. The van der Waals surface area contributed by atoms with Crippen LogP contribution in [0.3, 0.4) is 0 Å². The first-order chi connectivity index (χ1) is 10.1. The van der Waals surface area contributed by atoms with Crippen LogP contribution in [0.2, 0.25) is 0 Å². The fraction of sp³-hybridized carbons (Fsp3) is 0.400. The second-order valence-electron chi connectivity index (χ2n) is 4.55. The Bertz CT molecular complexity index is 628. The van der Waals surface area contributed by atoms with Gasteiger partial charge < -0.3 is 4.74 Å². The summed E-state index contributed by atoms with van der Waals surface area (Å²) in [4.78, 5) is 0. The van der Waals surface area contributed by atoms with E-state index in [1.165, 1.54) is 0 Å². The van der Waals surface area contributed by atoms with Crippen LogP contribution in [0.15, 0.2) is 27.1 Å². The van der Waals surface area contributed by atoms with Gasteiger partial charge in [-0.25, -0.2) is 0 Å². The molecule has 0 aliphatic heterocycles. The Kier molecular flexibility index (Phi) is 6.14. The molecule has 0 aliphatic carbocycles. The van der Waals surface area contributed by atoms with Crippen LogP contribution in [-0.4, -0.2) is 9.78 Å². The maximum atomic E-state index is 5.97. The van der Waals surface area contributed by atoms with Gasteiger partial charge in [0.25, 0.3) is 0 Å². The van der Waals surface area contributed by atoms with Gasteiger partial charge in [0.05, 0.1) is 21.7 Å². The van der Waals surface area contributed by atoms with Gasteiger partial charge in [0.2, 0.25) is 0 Å². The first kappa shape index (κ1) is 16.8. The summed E-state index contributed by atoms with van der Waals surface area (Å²) in [6.07, 6.45) is 0.895. The number of benzene rings is 1. The Morgan fingerprint density at radius 3 is 2.67 bits per heavy atom. The molecule has 114 valence electrons. The smallest absolute Gasteiger partial charge is 0.131 e. The summed E-state index contributed by atoms with van der Waals surface area (Å²) in [5, 5.41) is 4.57. The molecule has 0 aliphatic rings. The van der Waals surface area contributed by atoms with Crippen LogP contribution in [0.25, 0.3) is 0 Å². The lowest BCUT2D eigenvalue weighted by atomic mass is 10.2. The molecular weight excluding hydrogens is 419 g/mol. The molecule has 0 N–H and O–H groups in total. The predicted octanol–water partition coefficient (Wildman–Crippen LogP) is 5.31. The van der Waals surface area contributed by atoms with Crippen molar-refractivity contribution in [3.05, 3.63) is 44.1 Å². The van der Waals surface area contributed by atoms with Gasteiger partial charge in [0, 0.05) is 16.6 Å². The third-order valence-electron chi connectivity index (χ3n) is 3.23. The molecule has 1 aromatic carbocycles. The van der Waals surface area contributed by atoms with Crippen molar-refractivity contribution < 1.29 is 4.74 Å². The molecule has 0 unspecified atom stereocenters. The van der Waals surface area contributed by atoms with E-state index in [-0.39, 0.29) is 0 Å². The number of aromatic nitrogens is 2. The first-order valence-electron chi connectivity index (χ1n) is 6.81. The summed E-state index contributed by atoms with van der Waals surface area (Å²) in [5.74, 6) is 1.23. The summed E-state index contributed by atoms with van der Waals surface area (Å²) in [5.41, 5.74) is 3.09. The fourth-order valence-electron chi connectivity index (χ4n) is 2.09. The van der Waals surface area contributed by atoms with Crippen molar-refractivity contribution in [3.8, 4) is 5.75 Å². The van der Waals surface area contributed by atoms with Crippen LogP contribution >= 0.6 is 43.5 Å². The monoisotopic (exact) mass is 434 g/mol. The minimum absolute atomic E-state index is 0.420. The van der Waals surface area contributed by atoms with E-state index in [9.17, 15) is 0 Å². The van der Waals surface area contributed by atoms with Crippen molar-refractivity contribution in [1.82, 2.24) is 9.78 Å². The van der Waals surface area contributed by atoms with E-state index in [0.717, 1.165) is 44.6 Å². The predicted molar refractivity (Wildman–Crippen MR) is 93.0 cm³/mol. The van der Waals surface area contributed by atoms with Gasteiger partial charge in [-0.05, 0) is 47.5 Å². The van der Waals surface area contributed by atoms with Gasteiger partial charge in [-0.15, -0.1) is 11.6 Å². The molecule has 0 spiro atoms. The number of aryl methyl sites for hydroxylation is 2. The van der Waals surface area contributed by atoms with E-state index in [4.69, 9.17) is 16.3 Å². The molecule has 0 saturated heterocycles. The largest absolute Gasteiger partial charge is 0.487 e. The van der Waals surface area contributed by atoms with Gasteiger partial charge in [-0.2, -0.15) is 5.10 Å². The number of hydrogen-bond donors (Lipinski definition) is 0. The van der Waals surface area contributed by atoms with Gasteiger partial charge in [0.1, 0.15) is 12.4 Å². The molecule has 0 amide bonds. The van der Waals surface area contributed by atoms with Crippen LogP contribution in [0.1, 0.15) is 30.8 Å². The van der Waals surface area contributed by atoms with E-state index in [1.54, 1.807) is 0 Å². The normalized spacial score (nSPS) is 10.9. The lowest BCUT2D eigenvalue weighted by molar-refractivity contribution is 0.289. The van der Waals surface area contributed by atoms with Crippen LogP contribution in [-0.2, 0) is 25.5 Å². The number of nitrogens with zero attached hydrogens (tertiary/aromatic N) is 2. The van der Waals surface area contributed by atoms with Crippen molar-refractivity contribution in [1.29, 1.82) is 0 Å². The number of rotatable bonds is 6. The lowest BCUT2D eigenvalue weighted by Gasteiger charge is -2.11. The fourth-order valence-corrected chi connectivity index (χ4v) is 3.39. The highest BCUT2D eigenvalue weighted by Gasteiger charge is 2.15. The van der Waals surface area contributed by atoms with Crippen molar-refractivity contribution in [2.75, 3.05) is 0 Å². The standard InChI is InChI=1S/C15H17Br2ClN2O/c1-3-12-15(17)13(20(4-2)19-12)9-21-14-6-5-11(16)7-10(14)8-18/h5-7H,3-4,8-9H2,1-2H3. The zero-order valence-electron chi connectivity index (χ0n) is 12.0. The molecule has 3 nitrogen and oxygen atoms in total. The van der Waals surface area contributed by atoms with E-state index >= 15 is 0 Å².